The molecular formula is C29H41N3O5. The van der Waals surface area contributed by atoms with Crippen LogP contribution in [0.4, 0.5) is 4.79 Å². The highest BCUT2D eigenvalue weighted by Crippen LogP contribution is 2.28. The predicted molar refractivity (Wildman–Crippen MR) is 144 cm³/mol. The molecule has 2 aromatic rings. The van der Waals surface area contributed by atoms with Crippen molar-refractivity contribution in [3.63, 3.8) is 0 Å². The molecule has 0 aliphatic heterocycles. The Morgan fingerprint density at radius 2 is 1.68 bits per heavy atom. The van der Waals surface area contributed by atoms with Gasteiger partial charge < -0.3 is 25.4 Å². The molecule has 8 nitrogen and oxygen atoms in total. The van der Waals surface area contributed by atoms with Crippen LogP contribution in [0.1, 0.15) is 70.7 Å². The SMILES string of the molecule is CCCN(C(=O)C(Cc1ccccc1)NC(=O)OC(C)(C)C)C(C(=O)NC(C)C)c1ccc(O)c(C)c1. The van der Waals surface area contributed by atoms with Gasteiger partial charge in [0.15, 0.2) is 0 Å². The van der Waals surface area contributed by atoms with E-state index < -0.39 is 29.7 Å². The van der Waals surface area contributed by atoms with E-state index >= 15 is 0 Å². The Labute approximate surface area is 220 Å². The minimum Gasteiger partial charge on any atom is -0.508 e. The molecule has 0 saturated heterocycles. The molecule has 0 heterocycles. The third-order valence-corrected chi connectivity index (χ3v) is 5.55. The van der Waals surface area contributed by atoms with Gasteiger partial charge in [-0.25, -0.2) is 4.79 Å². The minimum atomic E-state index is -0.962. The third-order valence-electron chi connectivity index (χ3n) is 5.55. The van der Waals surface area contributed by atoms with E-state index in [-0.39, 0.29) is 30.7 Å². The van der Waals surface area contributed by atoms with E-state index in [2.05, 4.69) is 10.6 Å². The molecule has 0 saturated carbocycles. The number of benzene rings is 2. The van der Waals surface area contributed by atoms with Gasteiger partial charge in [0.05, 0.1) is 0 Å². The second kappa shape index (κ2) is 13.1. The lowest BCUT2D eigenvalue weighted by molar-refractivity contribution is -0.142. The number of hydrogen-bond donors (Lipinski definition) is 3. The fourth-order valence-corrected chi connectivity index (χ4v) is 3.99. The molecule has 0 aliphatic carbocycles. The predicted octanol–water partition coefficient (Wildman–Crippen LogP) is 4.64. The van der Waals surface area contributed by atoms with Crippen molar-refractivity contribution >= 4 is 17.9 Å². The van der Waals surface area contributed by atoms with Gasteiger partial charge in [-0.15, -0.1) is 0 Å². The van der Waals surface area contributed by atoms with Crippen LogP contribution in [0, 0.1) is 6.92 Å². The second-order valence-electron chi connectivity index (χ2n) is 10.5. The number of nitrogens with zero attached hydrogens (tertiary/aromatic N) is 1. The summed E-state index contributed by atoms with van der Waals surface area (Å²) < 4.78 is 5.44. The smallest absolute Gasteiger partial charge is 0.408 e. The number of amides is 3. The molecule has 0 bridgehead atoms. The Balaban J connectivity index is 2.53. The molecule has 3 N–H and O–H groups in total. The summed E-state index contributed by atoms with van der Waals surface area (Å²) in [6.45, 7) is 12.9. The number of hydrogen-bond acceptors (Lipinski definition) is 5. The van der Waals surface area contributed by atoms with E-state index in [1.54, 1.807) is 39.8 Å². The number of rotatable bonds is 10. The molecule has 2 unspecified atom stereocenters. The average molecular weight is 512 g/mol. The first kappa shape index (κ1) is 29.7. The van der Waals surface area contributed by atoms with E-state index in [1.165, 1.54) is 11.0 Å². The highest BCUT2D eigenvalue weighted by Gasteiger charge is 2.36. The van der Waals surface area contributed by atoms with Crippen LogP contribution in [0.15, 0.2) is 48.5 Å². The number of nitrogens with one attached hydrogen (secondary N) is 2. The zero-order valence-electron chi connectivity index (χ0n) is 23.0. The van der Waals surface area contributed by atoms with Crippen molar-refractivity contribution in [2.45, 2.75) is 85.0 Å². The zero-order valence-corrected chi connectivity index (χ0v) is 23.0. The van der Waals surface area contributed by atoms with Gasteiger partial charge in [0.25, 0.3) is 0 Å². The van der Waals surface area contributed by atoms with Crippen molar-refractivity contribution in [2.75, 3.05) is 6.54 Å². The van der Waals surface area contributed by atoms with Crippen LogP contribution in [0.5, 0.6) is 5.75 Å². The largest absolute Gasteiger partial charge is 0.508 e. The van der Waals surface area contributed by atoms with Crippen LogP contribution in [0.25, 0.3) is 0 Å². The van der Waals surface area contributed by atoms with Crippen molar-refractivity contribution in [2.24, 2.45) is 0 Å². The number of phenols is 1. The molecule has 202 valence electrons. The molecule has 8 heteroatoms. The monoisotopic (exact) mass is 511 g/mol. The normalized spacial score (nSPS) is 13.0. The van der Waals surface area contributed by atoms with Crippen molar-refractivity contribution in [3.8, 4) is 5.75 Å². The minimum absolute atomic E-state index is 0.105. The molecule has 2 atom stereocenters. The first-order valence-corrected chi connectivity index (χ1v) is 12.8. The van der Waals surface area contributed by atoms with Crippen molar-refractivity contribution in [1.29, 1.82) is 0 Å². The Morgan fingerprint density at radius 1 is 1.03 bits per heavy atom. The van der Waals surface area contributed by atoms with Gasteiger partial charge in [0, 0.05) is 19.0 Å². The molecule has 3 amide bonds. The van der Waals surface area contributed by atoms with Gasteiger partial charge in [0.2, 0.25) is 11.8 Å². The average Bonchev–Trinajstić information content (AvgIpc) is 2.79. The van der Waals surface area contributed by atoms with Gasteiger partial charge in [-0.05, 0) is 76.8 Å². The quantitative estimate of drug-likeness (QED) is 0.431. The van der Waals surface area contributed by atoms with Crippen LogP contribution < -0.4 is 10.6 Å². The molecule has 2 aromatic carbocycles. The Hall–Kier alpha value is -3.55. The summed E-state index contributed by atoms with van der Waals surface area (Å²) in [4.78, 5) is 41.8. The van der Waals surface area contributed by atoms with E-state index in [4.69, 9.17) is 4.74 Å². The Morgan fingerprint density at radius 3 is 2.22 bits per heavy atom. The molecule has 0 aromatic heterocycles. The van der Waals surface area contributed by atoms with Crippen molar-refractivity contribution < 1.29 is 24.2 Å². The fraction of sp³-hybridized carbons (Fsp3) is 0.483. The van der Waals surface area contributed by atoms with E-state index in [0.29, 0.717) is 17.5 Å². The molecule has 0 aliphatic rings. The van der Waals surface area contributed by atoms with Crippen LogP contribution in [-0.2, 0) is 20.7 Å². The topological polar surface area (TPSA) is 108 Å². The number of ether oxygens (including phenoxy) is 1. The van der Waals surface area contributed by atoms with Crippen LogP contribution >= 0.6 is 0 Å². The summed E-state index contributed by atoms with van der Waals surface area (Å²) >= 11 is 0. The van der Waals surface area contributed by atoms with E-state index in [9.17, 15) is 19.5 Å². The van der Waals surface area contributed by atoms with Crippen molar-refractivity contribution in [3.05, 3.63) is 65.2 Å². The van der Waals surface area contributed by atoms with Crippen LogP contribution in [-0.4, -0.2) is 52.1 Å². The van der Waals surface area contributed by atoms with Crippen LogP contribution in [0.2, 0.25) is 0 Å². The molecular weight excluding hydrogens is 470 g/mol. The highest BCUT2D eigenvalue weighted by atomic mass is 16.6. The van der Waals surface area contributed by atoms with Gasteiger partial charge in [0.1, 0.15) is 23.4 Å². The number of phenolic OH excluding ortho intramolecular Hbond substituents is 1. The molecule has 37 heavy (non-hydrogen) atoms. The summed E-state index contributed by atoms with van der Waals surface area (Å²) in [6, 6.07) is 12.2. The number of alkyl carbamates (subject to hydrolysis) is 1. The highest BCUT2D eigenvalue weighted by molar-refractivity contribution is 5.92. The number of carbonyl (C=O) groups excluding carboxylic acids is 3. The number of carbonyl (C=O) groups is 3. The number of aromatic hydroxyl groups is 1. The molecule has 2 rings (SSSR count). The maximum absolute atomic E-state index is 14.1. The van der Waals surface area contributed by atoms with Gasteiger partial charge in [-0.2, -0.15) is 0 Å². The molecule has 0 radical (unpaired) electrons. The van der Waals surface area contributed by atoms with Crippen molar-refractivity contribution in [1.82, 2.24) is 15.5 Å². The third kappa shape index (κ3) is 9.12. The Kier molecular flexibility index (Phi) is 10.5. The van der Waals surface area contributed by atoms with E-state index in [1.807, 2.05) is 51.1 Å². The maximum atomic E-state index is 14.1. The lowest BCUT2D eigenvalue weighted by Crippen LogP contribution is -2.54. The van der Waals surface area contributed by atoms with Gasteiger partial charge in [-0.3, -0.25) is 9.59 Å². The lowest BCUT2D eigenvalue weighted by atomic mass is 9.98. The first-order chi connectivity index (χ1) is 17.3. The second-order valence-corrected chi connectivity index (χ2v) is 10.5. The molecule has 0 fully saturated rings. The first-order valence-electron chi connectivity index (χ1n) is 12.8. The lowest BCUT2D eigenvalue weighted by Gasteiger charge is -2.35. The standard InChI is InChI=1S/C29H41N3O5/c1-8-16-32(25(26(34)30-19(2)3)22-14-15-24(33)20(4)17-22)27(35)23(18-21-12-10-9-11-13-21)31-28(36)37-29(5,6)7/h9-15,17,19,23,25,33H,8,16,18H2,1-7H3,(H,30,34)(H,31,36). The maximum Gasteiger partial charge on any atom is 0.408 e. The fourth-order valence-electron chi connectivity index (χ4n) is 3.99. The zero-order chi connectivity index (χ0) is 27.8. The van der Waals surface area contributed by atoms with Crippen LogP contribution in [0.3, 0.4) is 0 Å². The summed E-state index contributed by atoms with van der Waals surface area (Å²) in [5.41, 5.74) is 1.29. The summed E-state index contributed by atoms with van der Waals surface area (Å²) in [7, 11) is 0. The number of aryl methyl sites for hydroxylation is 1. The summed E-state index contributed by atoms with van der Waals surface area (Å²) in [6.07, 6.45) is 0.118. The van der Waals surface area contributed by atoms with Gasteiger partial charge >= 0.3 is 6.09 Å². The van der Waals surface area contributed by atoms with E-state index in [0.717, 1.165) is 5.56 Å². The summed E-state index contributed by atoms with van der Waals surface area (Å²) in [5, 5.41) is 15.7. The molecule has 0 spiro atoms. The van der Waals surface area contributed by atoms with Gasteiger partial charge in [-0.1, -0.05) is 43.3 Å². The Bertz CT molecular complexity index is 1060. The summed E-state index contributed by atoms with van der Waals surface area (Å²) in [5.74, 6) is -0.627.